The van der Waals surface area contributed by atoms with Crippen LogP contribution in [-0.4, -0.2) is 67.9 Å². The van der Waals surface area contributed by atoms with Crippen LogP contribution < -0.4 is 4.90 Å². The standard InChI is InChI=1S/C19H25N5O3S/c1-22(2)28(25,26)18-9-8-15(27-18)14-23-10-5-11-24(13-12-23)19-20-16-6-3-4-7-17(16)21-19/h3-4,6-9H,5,10-14H2,1-2H3,(H,20,21). The first kappa shape index (κ1) is 19.0. The maximum atomic E-state index is 12.2. The fourth-order valence-electron chi connectivity index (χ4n) is 3.41. The summed E-state index contributed by atoms with van der Waals surface area (Å²) in [5.74, 6) is 1.57. The first-order valence-corrected chi connectivity index (χ1v) is 10.8. The van der Waals surface area contributed by atoms with Gasteiger partial charge in [0.05, 0.1) is 17.6 Å². The van der Waals surface area contributed by atoms with E-state index in [1.54, 1.807) is 6.07 Å². The SMILES string of the molecule is CN(C)S(=O)(=O)c1ccc(CN2CCCN(c3nc4ccccc4[nH]3)CC2)o1. The Labute approximate surface area is 164 Å². The molecule has 0 radical (unpaired) electrons. The van der Waals surface area contributed by atoms with E-state index in [-0.39, 0.29) is 5.09 Å². The molecule has 8 nitrogen and oxygen atoms in total. The molecule has 0 amide bonds. The van der Waals surface area contributed by atoms with Crippen molar-refractivity contribution in [3.05, 3.63) is 42.2 Å². The van der Waals surface area contributed by atoms with Crippen molar-refractivity contribution in [2.75, 3.05) is 45.2 Å². The van der Waals surface area contributed by atoms with Crippen LogP contribution in [-0.2, 0) is 16.6 Å². The van der Waals surface area contributed by atoms with Gasteiger partial charge in [-0.05, 0) is 30.7 Å². The van der Waals surface area contributed by atoms with Gasteiger partial charge in [-0.1, -0.05) is 12.1 Å². The van der Waals surface area contributed by atoms with Crippen molar-refractivity contribution in [1.82, 2.24) is 19.2 Å². The fraction of sp³-hybridized carbons (Fsp3) is 0.421. The summed E-state index contributed by atoms with van der Waals surface area (Å²) in [5, 5.41) is -0.00813. The summed E-state index contributed by atoms with van der Waals surface area (Å²) in [6.45, 7) is 4.15. The van der Waals surface area contributed by atoms with Crippen molar-refractivity contribution < 1.29 is 12.8 Å². The van der Waals surface area contributed by atoms with Crippen LogP contribution in [0.3, 0.4) is 0 Å². The normalized spacial score (nSPS) is 16.8. The number of benzene rings is 1. The second kappa shape index (κ2) is 7.57. The van der Waals surface area contributed by atoms with E-state index in [0.29, 0.717) is 12.3 Å². The third kappa shape index (κ3) is 3.78. The first-order chi connectivity index (χ1) is 13.4. The highest BCUT2D eigenvalue weighted by molar-refractivity contribution is 7.88. The molecule has 1 saturated heterocycles. The van der Waals surface area contributed by atoms with Crippen LogP contribution in [0.1, 0.15) is 12.2 Å². The molecule has 1 fully saturated rings. The number of anilines is 1. The van der Waals surface area contributed by atoms with Crippen molar-refractivity contribution >= 4 is 27.0 Å². The molecule has 1 N–H and O–H groups in total. The zero-order valence-electron chi connectivity index (χ0n) is 16.1. The van der Waals surface area contributed by atoms with Crippen LogP contribution >= 0.6 is 0 Å². The Kier molecular flexibility index (Phi) is 5.13. The van der Waals surface area contributed by atoms with Gasteiger partial charge in [-0.2, -0.15) is 0 Å². The van der Waals surface area contributed by atoms with E-state index >= 15 is 0 Å². The van der Waals surface area contributed by atoms with E-state index in [9.17, 15) is 8.42 Å². The van der Waals surface area contributed by atoms with Gasteiger partial charge in [-0.25, -0.2) is 17.7 Å². The molecular formula is C19H25N5O3S. The highest BCUT2D eigenvalue weighted by Crippen LogP contribution is 2.21. The molecule has 0 saturated carbocycles. The zero-order chi connectivity index (χ0) is 19.7. The molecule has 0 spiro atoms. The van der Waals surface area contributed by atoms with Crippen molar-refractivity contribution in [3.63, 3.8) is 0 Å². The first-order valence-electron chi connectivity index (χ1n) is 9.37. The Bertz CT molecular complexity index is 1020. The minimum atomic E-state index is -3.53. The average Bonchev–Trinajstić information content (AvgIpc) is 3.24. The molecular weight excluding hydrogens is 378 g/mol. The molecule has 2 aromatic heterocycles. The summed E-state index contributed by atoms with van der Waals surface area (Å²) in [6.07, 6.45) is 1.00. The van der Waals surface area contributed by atoms with Crippen molar-refractivity contribution in [2.45, 2.75) is 18.1 Å². The number of rotatable bonds is 5. The maximum absolute atomic E-state index is 12.2. The van der Waals surface area contributed by atoms with Crippen LogP contribution in [0.15, 0.2) is 45.9 Å². The number of H-pyrrole nitrogens is 1. The van der Waals surface area contributed by atoms with E-state index in [4.69, 9.17) is 9.40 Å². The number of para-hydroxylation sites is 2. The van der Waals surface area contributed by atoms with Crippen LogP contribution in [0.2, 0.25) is 0 Å². The Balaban J connectivity index is 1.41. The number of nitrogens with one attached hydrogen (secondary N) is 1. The number of hydrogen-bond donors (Lipinski definition) is 1. The fourth-order valence-corrected chi connectivity index (χ4v) is 4.22. The lowest BCUT2D eigenvalue weighted by atomic mass is 10.3. The van der Waals surface area contributed by atoms with Gasteiger partial charge in [0.2, 0.25) is 11.0 Å². The molecule has 1 aromatic carbocycles. The molecule has 0 unspecified atom stereocenters. The highest BCUT2D eigenvalue weighted by Gasteiger charge is 2.23. The molecule has 1 aliphatic rings. The average molecular weight is 404 g/mol. The van der Waals surface area contributed by atoms with Gasteiger partial charge in [-0.3, -0.25) is 4.90 Å². The number of sulfonamides is 1. The summed E-state index contributed by atoms with van der Waals surface area (Å²) in [4.78, 5) is 12.6. The largest absolute Gasteiger partial charge is 0.447 e. The minimum absolute atomic E-state index is 0.00813. The third-order valence-electron chi connectivity index (χ3n) is 5.02. The quantitative estimate of drug-likeness (QED) is 0.702. The molecule has 1 aliphatic heterocycles. The lowest BCUT2D eigenvalue weighted by Gasteiger charge is -2.20. The lowest BCUT2D eigenvalue weighted by Crippen LogP contribution is -2.31. The second-order valence-electron chi connectivity index (χ2n) is 7.20. The monoisotopic (exact) mass is 403 g/mol. The maximum Gasteiger partial charge on any atom is 0.275 e. The number of furan rings is 1. The molecule has 28 heavy (non-hydrogen) atoms. The number of hydrogen-bond acceptors (Lipinski definition) is 6. The number of nitrogens with zero attached hydrogens (tertiary/aromatic N) is 4. The summed E-state index contributed by atoms with van der Waals surface area (Å²) >= 11 is 0. The predicted octanol–water partition coefficient (Wildman–Crippen LogP) is 2.12. The molecule has 3 aromatic rings. The van der Waals surface area contributed by atoms with Crippen LogP contribution in [0.4, 0.5) is 5.95 Å². The zero-order valence-corrected chi connectivity index (χ0v) is 16.9. The number of aromatic amines is 1. The van der Waals surface area contributed by atoms with Gasteiger partial charge in [0, 0.05) is 40.3 Å². The lowest BCUT2D eigenvalue weighted by molar-refractivity contribution is 0.250. The number of fused-ring (bicyclic) bond motifs is 1. The van der Waals surface area contributed by atoms with Crippen LogP contribution in [0.5, 0.6) is 0 Å². The van der Waals surface area contributed by atoms with Gasteiger partial charge in [0.25, 0.3) is 10.0 Å². The van der Waals surface area contributed by atoms with Crippen molar-refractivity contribution in [2.24, 2.45) is 0 Å². The third-order valence-corrected chi connectivity index (χ3v) is 6.71. The highest BCUT2D eigenvalue weighted by atomic mass is 32.2. The van der Waals surface area contributed by atoms with Crippen LogP contribution in [0.25, 0.3) is 11.0 Å². The van der Waals surface area contributed by atoms with Gasteiger partial charge in [-0.15, -0.1) is 0 Å². The minimum Gasteiger partial charge on any atom is -0.447 e. The van der Waals surface area contributed by atoms with E-state index in [1.165, 1.54) is 20.2 Å². The Hall–Kier alpha value is -2.36. The Morgan fingerprint density at radius 3 is 2.71 bits per heavy atom. The topological polar surface area (TPSA) is 85.7 Å². The smallest absolute Gasteiger partial charge is 0.275 e. The summed E-state index contributed by atoms with van der Waals surface area (Å²) < 4.78 is 31.1. The molecule has 0 bridgehead atoms. The molecule has 150 valence electrons. The van der Waals surface area contributed by atoms with Gasteiger partial charge in [0.15, 0.2) is 0 Å². The summed E-state index contributed by atoms with van der Waals surface area (Å²) in [6, 6.07) is 11.3. The molecule has 9 heteroatoms. The summed E-state index contributed by atoms with van der Waals surface area (Å²) in [7, 11) is -0.536. The van der Waals surface area contributed by atoms with E-state index in [2.05, 4.69) is 14.8 Å². The number of imidazole rings is 1. The van der Waals surface area contributed by atoms with E-state index < -0.39 is 10.0 Å². The molecule has 0 atom stereocenters. The van der Waals surface area contributed by atoms with Crippen molar-refractivity contribution in [1.29, 1.82) is 0 Å². The predicted molar refractivity (Wildman–Crippen MR) is 108 cm³/mol. The number of aromatic nitrogens is 2. The summed E-state index contributed by atoms with van der Waals surface area (Å²) in [5.41, 5.74) is 2.02. The van der Waals surface area contributed by atoms with E-state index in [0.717, 1.165) is 53.9 Å². The van der Waals surface area contributed by atoms with Gasteiger partial charge in [0.1, 0.15) is 5.76 Å². The van der Waals surface area contributed by atoms with E-state index in [1.807, 2.05) is 24.3 Å². The molecule has 0 aliphatic carbocycles. The van der Waals surface area contributed by atoms with Gasteiger partial charge < -0.3 is 14.3 Å². The van der Waals surface area contributed by atoms with Crippen LogP contribution in [0, 0.1) is 0 Å². The Morgan fingerprint density at radius 2 is 1.93 bits per heavy atom. The van der Waals surface area contributed by atoms with Crippen molar-refractivity contribution in [3.8, 4) is 0 Å². The molecule has 4 rings (SSSR count). The van der Waals surface area contributed by atoms with Gasteiger partial charge >= 0.3 is 0 Å². The molecule has 3 heterocycles. The Morgan fingerprint density at radius 1 is 1.11 bits per heavy atom. The second-order valence-corrected chi connectivity index (χ2v) is 9.29.